The first-order valence-corrected chi connectivity index (χ1v) is 5.82. The molecule has 0 amide bonds. The van der Waals surface area contributed by atoms with Gasteiger partial charge in [-0.25, -0.2) is 4.79 Å². The van der Waals surface area contributed by atoms with E-state index in [0.717, 1.165) is 0 Å². The fourth-order valence-electron chi connectivity index (χ4n) is 1.47. The summed E-state index contributed by atoms with van der Waals surface area (Å²) in [5.41, 5.74) is -0.102. The van der Waals surface area contributed by atoms with Gasteiger partial charge in [-0.15, -0.1) is 11.6 Å². The molecule has 1 aromatic carbocycles. The Labute approximate surface area is 113 Å². The lowest BCUT2D eigenvalue weighted by molar-refractivity contribution is -0.0506. The number of rotatable bonds is 5. The van der Waals surface area contributed by atoms with E-state index in [4.69, 9.17) is 21.6 Å². The zero-order valence-corrected chi connectivity index (χ0v) is 10.7. The fourth-order valence-corrected chi connectivity index (χ4v) is 1.74. The van der Waals surface area contributed by atoms with Gasteiger partial charge in [-0.1, -0.05) is 0 Å². The van der Waals surface area contributed by atoms with Gasteiger partial charge in [0.05, 0.1) is 23.6 Å². The Hall–Kier alpha value is -1.87. The van der Waals surface area contributed by atoms with Crippen molar-refractivity contribution in [2.24, 2.45) is 0 Å². The molecule has 1 rings (SSSR count). The van der Waals surface area contributed by atoms with E-state index in [0.29, 0.717) is 0 Å². The molecule has 0 atom stereocenters. The minimum atomic E-state index is -3.12. The van der Waals surface area contributed by atoms with Crippen molar-refractivity contribution in [1.82, 2.24) is 0 Å². The molecule has 0 unspecified atom stereocenters. The van der Waals surface area contributed by atoms with Crippen molar-refractivity contribution in [2.75, 3.05) is 6.61 Å². The van der Waals surface area contributed by atoms with E-state index in [1.54, 1.807) is 13.0 Å². The lowest BCUT2D eigenvalue weighted by Gasteiger charge is -2.14. The van der Waals surface area contributed by atoms with E-state index in [1.165, 1.54) is 12.1 Å². The molecular formula is C12H10ClF2NO3. The molecule has 102 valence electrons. The highest BCUT2D eigenvalue weighted by molar-refractivity contribution is 6.18. The first-order chi connectivity index (χ1) is 9.04. The van der Waals surface area contributed by atoms with E-state index < -0.39 is 18.3 Å². The van der Waals surface area contributed by atoms with Gasteiger partial charge in [-0.3, -0.25) is 0 Å². The van der Waals surface area contributed by atoms with E-state index in [-0.39, 0.29) is 29.2 Å². The molecular weight excluding hydrogens is 280 g/mol. The minimum absolute atomic E-state index is 0.00602. The highest BCUT2D eigenvalue weighted by Gasteiger charge is 2.21. The van der Waals surface area contributed by atoms with Gasteiger partial charge in [0.25, 0.3) is 0 Å². The molecule has 0 N–H and O–H groups in total. The lowest BCUT2D eigenvalue weighted by Crippen LogP contribution is -2.12. The first kappa shape index (κ1) is 15.2. The zero-order chi connectivity index (χ0) is 14.4. The molecule has 0 aromatic heterocycles. The molecule has 0 fully saturated rings. The number of benzene rings is 1. The summed E-state index contributed by atoms with van der Waals surface area (Å²) in [4.78, 5) is 11.7. The van der Waals surface area contributed by atoms with Crippen LogP contribution in [-0.4, -0.2) is 19.2 Å². The molecule has 19 heavy (non-hydrogen) atoms. The Balaban J connectivity index is 3.36. The highest BCUT2D eigenvalue weighted by Crippen LogP contribution is 2.30. The van der Waals surface area contributed by atoms with Crippen LogP contribution in [-0.2, 0) is 10.6 Å². The highest BCUT2D eigenvalue weighted by atomic mass is 35.5. The quantitative estimate of drug-likeness (QED) is 0.617. The topological polar surface area (TPSA) is 59.3 Å². The Kier molecular flexibility index (Phi) is 5.52. The SMILES string of the molecule is CCOC(=O)c1ccc(C#N)c(OC(F)F)c1CCl. The van der Waals surface area contributed by atoms with Crippen molar-refractivity contribution < 1.29 is 23.0 Å². The zero-order valence-electron chi connectivity index (χ0n) is 9.95. The third-order valence-corrected chi connectivity index (χ3v) is 2.48. The number of alkyl halides is 3. The van der Waals surface area contributed by atoms with Crippen LogP contribution in [0.4, 0.5) is 8.78 Å². The summed E-state index contributed by atoms with van der Waals surface area (Å²) >= 11 is 5.65. The number of carbonyl (C=O) groups excluding carboxylic acids is 1. The molecule has 7 heteroatoms. The number of hydrogen-bond acceptors (Lipinski definition) is 4. The molecule has 1 aromatic rings. The summed E-state index contributed by atoms with van der Waals surface area (Å²) in [5, 5.41) is 8.85. The molecule has 4 nitrogen and oxygen atoms in total. The maximum atomic E-state index is 12.3. The van der Waals surface area contributed by atoms with Crippen molar-refractivity contribution in [2.45, 2.75) is 19.4 Å². The Morgan fingerprint density at radius 1 is 1.53 bits per heavy atom. The van der Waals surface area contributed by atoms with E-state index in [1.807, 2.05) is 0 Å². The summed E-state index contributed by atoms with van der Waals surface area (Å²) in [5.74, 6) is -1.36. The van der Waals surface area contributed by atoms with Gasteiger partial charge >= 0.3 is 12.6 Å². The molecule has 0 heterocycles. The monoisotopic (exact) mass is 289 g/mol. The molecule has 0 aliphatic carbocycles. The largest absolute Gasteiger partial charge is 0.462 e. The van der Waals surface area contributed by atoms with Gasteiger partial charge in [0, 0.05) is 5.56 Å². The van der Waals surface area contributed by atoms with Gasteiger partial charge in [-0.2, -0.15) is 14.0 Å². The lowest BCUT2D eigenvalue weighted by atomic mass is 10.0. The van der Waals surface area contributed by atoms with Crippen molar-refractivity contribution >= 4 is 17.6 Å². The fraction of sp³-hybridized carbons (Fsp3) is 0.333. The summed E-state index contributed by atoms with van der Waals surface area (Å²) in [7, 11) is 0. The number of halogens is 3. The third-order valence-electron chi connectivity index (χ3n) is 2.22. The number of ether oxygens (including phenoxy) is 2. The van der Waals surface area contributed by atoms with E-state index in [2.05, 4.69) is 4.74 Å². The number of nitrogens with zero attached hydrogens (tertiary/aromatic N) is 1. The van der Waals surface area contributed by atoms with E-state index >= 15 is 0 Å². The third kappa shape index (κ3) is 3.55. The van der Waals surface area contributed by atoms with Gasteiger partial charge < -0.3 is 9.47 Å². The molecule has 0 aliphatic rings. The second-order valence-electron chi connectivity index (χ2n) is 3.31. The van der Waals surface area contributed by atoms with Crippen LogP contribution in [0.15, 0.2) is 12.1 Å². The predicted octanol–water partition coefficient (Wildman–Crippen LogP) is 3.08. The molecule has 0 aliphatic heterocycles. The summed E-state index contributed by atoms with van der Waals surface area (Å²) < 4.78 is 33.7. The molecule has 0 radical (unpaired) electrons. The van der Waals surface area contributed by atoms with Crippen LogP contribution in [0.1, 0.15) is 28.4 Å². The maximum Gasteiger partial charge on any atom is 0.387 e. The molecule has 0 bridgehead atoms. The Morgan fingerprint density at radius 3 is 2.68 bits per heavy atom. The van der Waals surface area contributed by atoms with Gasteiger partial charge in [0.15, 0.2) is 0 Å². The number of esters is 1. The van der Waals surface area contributed by atoms with Crippen molar-refractivity contribution in [3.8, 4) is 11.8 Å². The van der Waals surface area contributed by atoms with E-state index in [9.17, 15) is 13.6 Å². The van der Waals surface area contributed by atoms with Crippen LogP contribution in [0.5, 0.6) is 5.75 Å². The normalized spacial score (nSPS) is 10.1. The first-order valence-electron chi connectivity index (χ1n) is 5.29. The smallest absolute Gasteiger partial charge is 0.387 e. The second-order valence-corrected chi connectivity index (χ2v) is 3.58. The van der Waals surface area contributed by atoms with Crippen molar-refractivity contribution in [3.63, 3.8) is 0 Å². The maximum absolute atomic E-state index is 12.3. The predicted molar refractivity (Wildman–Crippen MR) is 63.3 cm³/mol. The Morgan fingerprint density at radius 2 is 2.21 bits per heavy atom. The summed E-state index contributed by atoms with van der Waals surface area (Å²) in [6.45, 7) is -1.38. The van der Waals surface area contributed by atoms with Crippen LogP contribution >= 0.6 is 11.6 Å². The average molecular weight is 290 g/mol. The molecule has 0 saturated carbocycles. The van der Waals surface area contributed by atoms with Gasteiger partial charge in [-0.05, 0) is 19.1 Å². The van der Waals surface area contributed by atoms with Crippen LogP contribution < -0.4 is 4.74 Å². The number of nitriles is 1. The molecule has 0 saturated heterocycles. The van der Waals surface area contributed by atoms with Crippen LogP contribution in [0.2, 0.25) is 0 Å². The molecule has 0 spiro atoms. The van der Waals surface area contributed by atoms with Gasteiger partial charge in [0.1, 0.15) is 11.8 Å². The Bertz CT molecular complexity index is 514. The minimum Gasteiger partial charge on any atom is -0.462 e. The van der Waals surface area contributed by atoms with Crippen molar-refractivity contribution in [3.05, 3.63) is 28.8 Å². The number of hydrogen-bond donors (Lipinski definition) is 0. The summed E-state index contributed by atoms with van der Waals surface area (Å²) in [6, 6.07) is 4.21. The number of carbonyl (C=O) groups is 1. The van der Waals surface area contributed by atoms with Crippen LogP contribution in [0.3, 0.4) is 0 Å². The standard InChI is InChI=1S/C12H10ClF2NO3/c1-2-18-11(17)8-4-3-7(6-16)10(9(8)5-13)19-12(14)15/h3-4,12H,2,5H2,1H3. The van der Waals surface area contributed by atoms with Crippen LogP contribution in [0, 0.1) is 11.3 Å². The van der Waals surface area contributed by atoms with Crippen molar-refractivity contribution in [1.29, 1.82) is 5.26 Å². The second kappa shape index (κ2) is 6.90. The van der Waals surface area contributed by atoms with Crippen LogP contribution in [0.25, 0.3) is 0 Å². The summed E-state index contributed by atoms with van der Waals surface area (Å²) in [6.07, 6.45) is 0. The average Bonchev–Trinajstić information content (AvgIpc) is 2.37. The van der Waals surface area contributed by atoms with Gasteiger partial charge in [0.2, 0.25) is 0 Å².